The minimum absolute atomic E-state index is 0.258. The van der Waals surface area contributed by atoms with Crippen LogP contribution in [0.4, 0.5) is 5.69 Å². The zero-order valence-corrected chi connectivity index (χ0v) is 16.9. The summed E-state index contributed by atoms with van der Waals surface area (Å²) in [5, 5.41) is 4.17. The second-order valence-electron chi connectivity index (χ2n) is 6.74. The summed E-state index contributed by atoms with van der Waals surface area (Å²) in [4.78, 5) is 29.3. The number of fused-ring (bicyclic) bond motifs is 3. The highest BCUT2D eigenvalue weighted by Crippen LogP contribution is 2.30. The summed E-state index contributed by atoms with van der Waals surface area (Å²) in [6.45, 7) is 3.60. The fraction of sp³-hybridized carbons (Fsp3) is 0.190. The number of hydrogen-bond acceptors (Lipinski definition) is 4. The summed E-state index contributed by atoms with van der Waals surface area (Å²) >= 11 is 6.07. The molecule has 1 N–H and O–H groups in total. The summed E-state index contributed by atoms with van der Waals surface area (Å²) in [5.74, 6) is 0.255. The molecule has 0 unspecified atom stereocenters. The van der Waals surface area contributed by atoms with Crippen molar-refractivity contribution in [3.8, 4) is 5.75 Å². The summed E-state index contributed by atoms with van der Waals surface area (Å²) in [7, 11) is 1.53. The van der Waals surface area contributed by atoms with Crippen molar-refractivity contribution in [3.05, 3.63) is 69.6 Å². The van der Waals surface area contributed by atoms with Crippen LogP contribution in [0, 0.1) is 6.92 Å². The highest BCUT2D eigenvalue weighted by atomic mass is 35.5. The Morgan fingerprint density at radius 1 is 1.21 bits per heavy atom. The molecule has 4 rings (SSSR count). The van der Waals surface area contributed by atoms with Crippen molar-refractivity contribution in [2.45, 2.75) is 19.9 Å². The molecule has 0 aliphatic carbocycles. The Kier molecular flexibility index (Phi) is 4.76. The van der Waals surface area contributed by atoms with Crippen LogP contribution in [0.15, 0.2) is 53.3 Å². The molecule has 7 nitrogen and oxygen atoms in total. The lowest BCUT2D eigenvalue weighted by molar-refractivity contribution is -0.119. The number of carbonyl (C=O) groups excluding carboxylic acids is 1. The van der Waals surface area contributed by atoms with Gasteiger partial charge in [0.05, 0.1) is 18.3 Å². The van der Waals surface area contributed by atoms with Crippen LogP contribution in [0.3, 0.4) is 0 Å². The summed E-state index contributed by atoms with van der Waals surface area (Å²) in [6, 6.07) is 13.4. The Morgan fingerprint density at radius 2 is 1.97 bits per heavy atom. The third-order valence-electron chi connectivity index (χ3n) is 4.86. The van der Waals surface area contributed by atoms with Crippen LogP contribution in [0.1, 0.15) is 18.7 Å². The molecule has 148 valence electrons. The maximum Gasteiger partial charge on any atom is 0.273 e. The highest BCUT2D eigenvalue weighted by Gasteiger charge is 2.23. The van der Waals surface area contributed by atoms with Gasteiger partial charge in [0.1, 0.15) is 11.8 Å². The second-order valence-corrected chi connectivity index (χ2v) is 7.18. The summed E-state index contributed by atoms with van der Waals surface area (Å²) < 4.78 is 8.94. The van der Waals surface area contributed by atoms with Crippen molar-refractivity contribution in [2.24, 2.45) is 0 Å². The topological polar surface area (TPSA) is 77.6 Å². The van der Waals surface area contributed by atoms with E-state index in [0.29, 0.717) is 27.8 Å². The zero-order valence-electron chi connectivity index (χ0n) is 16.1. The SMILES string of the molecule is COc1ccc(Cl)cc1NC(=O)[C@H](C)n1c2ccccc2c2nc(=O)cc(C)n21. The van der Waals surface area contributed by atoms with Gasteiger partial charge in [-0.3, -0.25) is 14.3 Å². The first-order valence-electron chi connectivity index (χ1n) is 9.04. The van der Waals surface area contributed by atoms with Crippen LogP contribution < -0.4 is 15.6 Å². The molecule has 0 radical (unpaired) electrons. The van der Waals surface area contributed by atoms with Gasteiger partial charge >= 0.3 is 0 Å². The molecule has 4 aromatic rings. The Hall–Kier alpha value is -3.32. The molecule has 0 bridgehead atoms. The Balaban J connectivity index is 1.85. The molecular formula is C21H19ClN4O3. The molecule has 2 heterocycles. The fourth-order valence-corrected chi connectivity index (χ4v) is 3.69. The number of carbonyl (C=O) groups is 1. The third-order valence-corrected chi connectivity index (χ3v) is 5.09. The van der Waals surface area contributed by atoms with E-state index in [1.165, 1.54) is 13.2 Å². The molecule has 1 amide bonds. The van der Waals surface area contributed by atoms with Crippen molar-refractivity contribution in [2.75, 3.05) is 12.4 Å². The number of halogens is 1. The van der Waals surface area contributed by atoms with Gasteiger partial charge in [0, 0.05) is 22.2 Å². The number of benzene rings is 2. The molecule has 2 aromatic heterocycles. The fourth-order valence-electron chi connectivity index (χ4n) is 3.52. The van der Waals surface area contributed by atoms with E-state index in [0.717, 1.165) is 10.9 Å². The number of nitrogens with zero attached hydrogens (tertiary/aromatic N) is 3. The average molecular weight is 411 g/mol. The molecule has 0 fully saturated rings. The van der Waals surface area contributed by atoms with Crippen LogP contribution in [0.2, 0.25) is 5.02 Å². The van der Waals surface area contributed by atoms with Gasteiger partial charge in [-0.1, -0.05) is 23.7 Å². The van der Waals surface area contributed by atoms with Gasteiger partial charge in [0.15, 0.2) is 5.65 Å². The van der Waals surface area contributed by atoms with Crippen molar-refractivity contribution in [1.29, 1.82) is 0 Å². The van der Waals surface area contributed by atoms with Gasteiger partial charge in [-0.2, -0.15) is 4.98 Å². The lowest BCUT2D eigenvalue weighted by atomic mass is 10.2. The average Bonchev–Trinajstić information content (AvgIpc) is 3.02. The van der Waals surface area contributed by atoms with E-state index < -0.39 is 6.04 Å². The zero-order chi connectivity index (χ0) is 20.7. The second kappa shape index (κ2) is 7.25. The molecular weight excluding hydrogens is 392 g/mol. The van der Waals surface area contributed by atoms with Gasteiger partial charge in [0.2, 0.25) is 5.91 Å². The minimum Gasteiger partial charge on any atom is -0.495 e. The molecule has 0 aliphatic heterocycles. The summed E-state index contributed by atoms with van der Waals surface area (Å²) in [5.41, 5.74) is 2.18. The molecule has 0 saturated carbocycles. The predicted octanol–water partition coefficient (Wildman–Crippen LogP) is 3.82. The highest BCUT2D eigenvalue weighted by molar-refractivity contribution is 6.31. The lowest BCUT2D eigenvalue weighted by Gasteiger charge is -2.19. The number of aromatic nitrogens is 3. The van der Waals surface area contributed by atoms with E-state index in [4.69, 9.17) is 16.3 Å². The van der Waals surface area contributed by atoms with Crippen molar-refractivity contribution in [3.63, 3.8) is 0 Å². The van der Waals surface area contributed by atoms with E-state index in [-0.39, 0.29) is 11.5 Å². The van der Waals surface area contributed by atoms with Crippen LogP contribution in [-0.2, 0) is 4.79 Å². The normalized spacial score (nSPS) is 12.3. The Bertz CT molecular complexity index is 1310. The monoisotopic (exact) mass is 410 g/mol. The number of ether oxygens (including phenoxy) is 1. The van der Waals surface area contributed by atoms with Gasteiger partial charge < -0.3 is 10.1 Å². The first kappa shape index (κ1) is 19.0. The van der Waals surface area contributed by atoms with E-state index in [2.05, 4.69) is 10.3 Å². The molecule has 29 heavy (non-hydrogen) atoms. The summed E-state index contributed by atoms with van der Waals surface area (Å²) in [6.07, 6.45) is 0. The lowest BCUT2D eigenvalue weighted by Crippen LogP contribution is -2.27. The van der Waals surface area contributed by atoms with E-state index in [1.807, 2.05) is 35.9 Å². The number of amides is 1. The van der Waals surface area contributed by atoms with E-state index in [1.54, 1.807) is 29.6 Å². The molecule has 0 aliphatic rings. The first-order valence-corrected chi connectivity index (χ1v) is 9.42. The van der Waals surface area contributed by atoms with Crippen molar-refractivity contribution < 1.29 is 9.53 Å². The number of aryl methyl sites for hydroxylation is 1. The minimum atomic E-state index is -0.607. The number of anilines is 1. The van der Waals surface area contributed by atoms with E-state index in [9.17, 15) is 9.59 Å². The molecule has 0 saturated heterocycles. The smallest absolute Gasteiger partial charge is 0.273 e. The maximum atomic E-state index is 13.1. The van der Waals surface area contributed by atoms with Crippen LogP contribution in [0.5, 0.6) is 5.75 Å². The predicted molar refractivity (Wildman–Crippen MR) is 113 cm³/mol. The number of methoxy groups -OCH3 is 1. The van der Waals surface area contributed by atoms with Gasteiger partial charge in [-0.15, -0.1) is 0 Å². The van der Waals surface area contributed by atoms with Crippen LogP contribution >= 0.6 is 11.6 Å². The van der Waals surface area contributed by atoms with Gasteiger partial charge in [0.25, 0.3) is 5.56 Å². The molecule has 8 heteroatoms. The molecule has 1 atom stereocenters. The van der Waals surface area contributed by atoms with Crippen molar-refractivity contribution >= 4 is 39.7 Å². The number of rotatable bonds is 4. The van der Waals surface area contributed by atoms with E-state index >= 15 is 0 Å². The first-order chi connectivity index (χ1) is 13.9. The van der Waals surface area contributed by atoms with Crippen molar-refractivity contribution in [1.82, 2.24) is 14.2 Å². The molecule has 0 spiro atoms. The number of hydrogen-bond donors (Lipinski definition) is 1. The number of nitrogens with one attached hydrogen (secondary N) is 1. The van der Waals surface area contributed by atoms with Gasteiger partial charge in [-0.25, -0.2) is 4.52 Å². The largest absolute Gasteiger partial charge is 0.495 e. The van der Waals surface area contributed by atoms with Crippen LogP contribution in [0.25, 0.3) is 16.6 Å². The third kappa shape index (κ3) is 3.23. The maximum absolute atomic E-state index is 13.1. The van der Waals surface area contributed by atoms with Crippen LogP contribution in [-0.4, -0.2) is 27.2 Å². The standard InChI is InChI=1S/C21H19ClN4O3/c1-12-10-19(27)24-20-15-6-4-5-7-17(15)26(25(12)20)13(2)21(28)23-16-11-14(22)8-9-18(16)29-3/h4-11,13H,1-3H3,(H,23,28)/t13-/m0/s1. The van der Waals surface area contributed by atoms with Gasteiger partial charge in [-0.05, 0) is 44.2 Å². The Morgan fingerprint density at radius 3 is 2.72 bits per heavy atom. The Labute approximate surface area is 171 Å². The number of para-hydroxylation sites is 1. The molecule has 2 aromatic carbocycles. The quantitative estimate of drug-likeness (QED) is 0.554.